The molecule has 13 heavy (non-hydrogen) atoms. The zero-order valence-electron chi connectivity index (χ0n) is 8.34. The van der Waals surface area contributed by atoms with Crippen molar-refractivity contribution >= 4 is 0 Å². The number of hydrogen-bond acceptors (Lipinski definition) is 2. The third kappa shape index (κ3) is 2.82. The van der Waals surface area contributed by atoms with E-state index in [-0.39, 0.29) is 0 Å². The Hall–Kier alpha value is -0.340. The van der Waals surface area contributed by atoms with Crippen LogP contribution in [0.25, 0.3) is 0 Å². The van der Waals surface area contributed by atoms with Crippen LogP contribution < -0.4 is 5.32 Å². The first-order valence-corrected chi connectivity index (χ1v) is 5.55. The van der Waals surface area contributed by atoms with Crippen molar-refractivity contribution in [3.05, 3.63) is 12.2 Å². The van der Waals surface area contributed by atoms with Gasteiger partial charge in [0.15, 0.2) is 0 Å². The van der Waals surface area contributed by atoms with Gasteiger partial charge in [-0.15, -0.1) is 0 Å². The Morgan fingerprint density at radius 2 is 2.15 bits per heavy atom. The zero-order chi connectivity index (χ0) is 8.93. The summed E-state index contributed by atoms with van der Waals surface area (Å²) in [7, 11) is 0. The zero-order valence-corrected chi connectivity index (χ0v) is 8.34. The number of nitrogens with zero attached hydrogens (tertiary/aromatic N) is 1. The van der Waals surface area contributed by atoms with Gasteiger partial charge in [0.05, 0.1) is 0 Å². The van der Waals surface area contributed by atoms with Crippen LogP contribution in [0, 0.1) is 5.92 Å². The molecular weight excluding hydrogens is 160 g/mol. The highest BCUT2D eigenvalue weighted by atomic mass is 15.2. The molecule has 0 aromatic rings. The lowest BCUT2D eigenvalue weighted by atomic mass is 10.1. The Morgan fingerprint density at radius 1 is 1.31 bits per heavy atom. The van der Waals surface area contributed by atoms with E-state index in [9.17, 15) is 0 Å². The van der Waals surface area contributed by atoms with Crippen molar-refractivity contribution in [2.75, 3.05) is 32.7 Å². The van der Waals surface area contributed by atoms with E-state index in [0.29, 0.717) is 0 Å². The summed E-state index contributed by atoms with van der Waals surface area (Å²) in [5.74, 6) is 0.884. The molecule has 1 aliphatic heterocycles. The molecule has 0 aromatic carbocycles. The molecule has 2 nitrogen and oxygen atoms in total. The molecular formula is C11H20N2. The fourth-order valence-corrected chi connectivity index (χ4v) is 2.22. The lowest BCUT2D eigenvalue weighted by Gasteiger charge is -2.27. The maximum Gasteiger partial charge on any atom is 0.0107 e. The number of piperazine rings is 1. The molecule has 0 spiro atoms. The first kappa shape index (κ1) is 9.22. The minimum Gasteiger partial charge on any atom is -0.314 e. The van der Waals surface area contributed by atoms with Crippen molar-refractivity contribution in [2.45, 2.75) is 19.3 Å². The van der Waals surface area contributed by atoms with E-state index in [2.05, 4.69) is 22.4 Å². The van der Waals surface area contributed by atoms with Gasteiger partial charge in [0.1, 0.15) is 0 Å². The molecule has 1 unspecified atom stereocenters. The van der Waals surface area contributed by atoms with Crippen LogP contribution in [0.4, 0.5) is 0 Å². The normalized spacial score (nSPS) is 29.7. The third-order valence-corrected chi connectivity index (χ3v) is 3.14. The van der Waals surface area contributed by atoms with Gasteiger partial charge in [0.2, 0.25) is 0 Å². The molecule has 1 heterocycles. The van der Waals surface area contributed by atoms with Crippen molar-refractivity contribution in [1.29, 1.82) is 0 Å². The van der Waals surface area contributed by atoms with Crippen LogP contribution in [-0.2, 0) is 0 Å². The van der Waals surface area contributed by atoms with E-state index >= 15 is 0 Å². The van der Waals surface area contributed by atoms with E-state index < -0.39 is 0 Å². The molecule has 0 amide bonds. The van der Waals surface area contributed by atoms with Crippen molar-refractivity contribution in [3.63, 3.8) is 0 Å². The monoisotopic (exact) mass is 180 g/mol. The highest BCUT2D eigenvalue weighted by Crippen LogP contribution is 2.20. The Balaban J connectivity index is 1.63. The summed E-state index contributed by atoms with van der Waals surface area (Å²) in [6, 6.07) is 0. The van der Waals surface area contributed by atoms with E-state index in [1.807, 2.05) is 0 Å². The quantitative estimate of drug-likeness (QED) is 0.658. The summed E-state index contributed by atoms with van der Waals surface area (Å²) in [6.45, 7) is 6.16. The topological polar surface area (TPSA) is 15.3 Å². The third-order valence-electron chi connectivity index (χ3n) is 3.14. The standard InChI is InChI=1S/C11H20N2/c1-2-4-11(3-1)5-8-13-9-6-12-7-10-13/h1,3,11-12H,2,4-10H2. The Bertz CT molecular complexity index is 171. The van der Waals surface area contributed by atoms with Gasteiger partial charge in [-0.1, -0.05) is 12.2 Å². The average molecular weight is 180 g/mol. The number of nitrogens with one attached hydrogen (secondary N) is 1. The predicted octanol–water partition coefficient (Wildman–Crippen LogP) is 1.25. The van der Waals surface area contributed by atoms with E-state index in [1.165, 1.54) is 52.0 Å². The van der Waals surface area contributed by atoms with Crippen molar-refractivity contribution in [2.24, 2.45) is 5.92 Å². The van der Waals surface area contributed by atoms with E-state index in [0.717, 1.165) is 5.92 Å². The Morgan fingerprint density at radius 3 is 2.85 bits per heavy atom. The minimum atomic E-state index is 0.884. The summed E-state index contributed by atoms with van der Waals surface area (Å²) in [4.78, 5) is 2.59. The minimum absolute atomic E-state index is 0.884. The lowest BCUT2D eigenvalue weighted by molar-refractivity contribution is 0.229. The molecule has 2 heteroatoms. The van der Waals surface area contributed by atoms with Crippen molar-refractivity contribution in [1.82, 2.24) is 10.2 Å². The summed E-state index contributed by atoms with van der Waals surface area (Å²) in [5.41, 5.74) is 0. The summed E-state index contributed by atoms with van der Waals surface area (Å²) < 4.78 is 0. The van der Waals surface area contributed by atoms with Gasteiger partial charge in [-0.05, 0) is 31.7 Å². The van der Waals surface area contributed by atoms with Crippen LogP contribution in [0.3, 0.4) is 0 Å². The van der Waals surface area contributed by atoms with Gasteiger partial charge in [0, 0.05) is 26.2 Å². The first-order chi connectivity index (χ1) is 6.45. The molecule has 2 aliphatic rings. The highest BCUT2D eigenvalue weighted by Gasteiger charge is 2.13. The maximum atomic E-state index is 3.39. The van der Waals surface area contributed by atoms with Crippen LogP contribution in [-0.4, -0.2) is 37.6 Å². The van der Waals surface area contributed by atoms with Crippen LogP contribution in [0.5, 0.6) is 0 Å². The molecule has 1 fully saturated rings. The average Bonchev–Trinajstić information content (AvgIpc) is 2.69. The molecule has 0 bridgehead atoms. The molecule has 2 rings (SSSR count). The molecule has 0 saturated carbocycles. The van der Waals surface area contributed by atoms with Crippen LogP contribution in [0.1, 0.15) is 19.3 Å². The van der Waals surface area contributed by atoms with Crippen LogP contribution in [0.2, 0.25) is 0 Å². The van der Waals surface area contributed by atoms with Crippen molar-refractivity contribution < 1.29 is 0 Å². The second-order valence-electron chi connectivity index (χ2n) is 4.15. The smallest absolute Gasteiger partial charge is 0.0107 e. The van der Waals surface area contributed by atoms with Gasteiger partial charge < -0.3 is 10.2 Å². The molecule has 1 saturated heterocycles. The first-order valence-electron chi connectivity index (χ1n) is 5.55. The fourth-order valence-electron chi connectivity index (χ4n) is 2.22. The molecule has 0 aromatic heterocycles. The summed E-state index contributed by atoms with van der Waals surface area (Å²) in [6.07, 6.45) is 8.82. The fraction of sp³-hybridized carbons (Fsp3) is 0.818. The van der Waals surface area contributed by atoms with E-state index in [1.54, 1.807) is 0 Å². The van der Waals surface area contributed by atoms with Crippen LogP contribution >= 0.6 is 0 Å². The van der Waals surface area contributed by atoms with E-state index in [4.69, 9.17) is 0 Å². The lowest BCUT2D eigenvalue weighted by Crippen LogP contribution is -2.44. The molecule has 1 N–H and O–H groups in total. The SMILES string of the molecule is C1=CC(CCN2CCNCC2)CC1. The molecule has 1 atom stereocenters. The van der Waals surface area contributed by atoms with Gasteiger partial charge in [-0.2, -0.15) is 0 Å². The van der Waals surface area contributed by atoms with Gasteiger partial charge in [-0.25, -0.2) is 0 Å². The maximum absolute atomic E-state index is 3.39. The van der Waals surface area contributed by atoms with Gasteiger partial charge >= 0.3 is 0 Å². The second kappa shape index (κ2) is 4.77. The highest BCUT2D eigenvalue weighted by molar-refractivity contribution is 4.96. The Kier molecular flexibility index (Phi) is 3.39. The summed E-state index contributed by atoms with van der Waals surface area (Å²) >= 11 is 0. The molecule has 0 radical (unpaired) electrons. The number of rotatable bonds is 3. The predicted molar refractivity (Wildman–Crippen MR) is 55.8 cm³/mol. The molecule has 74 valence electrons. The Labute approximate surface area is 81.0 Å². The van der Waals surface area contributed by atoms with Gasteiger partial charge in [0.25, 0.3) is 0 Å². The number of hydrogen-bond donors (Lipinski definition) is 1. The summed E-state index contributed by atoms with van der Waals surface area (Å²) in [5, 5.41) is 3.39. The second-order valence-corrected chi connectivity index (χ2v) is 4.15. The number of allylic oxidation sites excluding steroid dienone is 2. The van der Waals surface area contributed by atoms with Crippen LogP contribution in [0.15, 0.2) is 12.2 Å². The largest absolute Gasteiger partial charge is 0.314 e. The molecule has 1 aliphatic carbocycles. The van der Waals surface area contributed by atoms with Gasteiger partial charge in [-0.3, -0.25) is 0 Å². The van der Waals surface area contributed by atoms with Crippen molar-refractivity contribution in [3.8, 4) is 0 Å².